The first kappa shape index (κ1) is 14.0. The molecule has 0 aliphatic carbocycles. The molecule has 18 heavy (non-hydrogen) atoms. The molecule has 0 radical (unpaired) electrons. The number of morpholine rings is 1. The Morgan fingerprint density at radius 3 is 2.83 bits per heavy atom. The summed E-state index contributed by atoms with van der Waals surface area (Å²) in [4.78, 5) is 14.4. The highest BCUT2D eigenvalue weighted by atomic mass is 16.5. The fourth-order valence-electron chi connectivity index (χ4n) is 2.67. The topological polar surface area (TPSA) is 38.8 Å². The minimum Gasteiger partial charge on any atom is -0.378 e. The first-order chi connectivity index (χ1) is 8.66. The molecule has 2 fully saturated rings. The van der Waals surface area contributed by atoms with Crippen molar-refractivity contribution in [1.29, 1.82) is 0 Å². The third-order valence-corrected chi connectivity index (χ3v) is 3.92. The Labute approximate surface area is 110 Å². The molecule has 0 spiro atoms. The SMILES string of the molecule is CC(C)N1CCOC(C(=O)CCC2CCCO2)C1. The second-order valence-corrected chi connectivity index (χ2v) is 5.59. The van der Waals surface area contributed by atoms with Crippen LogP contribution in [0.3, 0.4) is 0 Å². The number of ether oxygens (including phenoxy) is 2. The summed E-state index contributed by atoms with van der Waals surface area (Å²) in [5, 5.41) is 0. The van der Waals surface area contributed by atoms with Crippen LogP contribution < -0.4 is 0 Å². The van der Waals surface area contributed by atoms with Crippen LogP contribution in [0.2, 0.25) is 0 Å². The standard InChI is InChI=1S/C14H25NO3/c1-11(2)15-7-9-18-14(10-15)13(16)6-5-12-4-3-8-17-12/h11-12,14H,3-10H2,1-2H3. The molecule has 2 aliphatic heterocycles. The molecule has 0 amide bonds. The zero-order chi connectivity index (χ0) is 13.0. The molecule has 4 heteroatoms. The van der Waals surface area contributed by atoms with Gasteiger partial charge in [-0.25, -0.2) is 0 Å². The van der Waals surface area contributed by atoms with Gasteiger partial charge in [-0.2, -0.15) is 0 Å². The van der Waals surface area contributed by atoms with Crippen molar-refractivity contribution in [2.75, 3.05) is 26.3 Å². The van der Waals surface area contributed by atoms with Gasteiger partial charge in [0.1, 0.15) is 6.10 Å². The van der Waals surface area contributed by atoms with Gasteiger partial charge >= 0.3 is 0 Å². The Morgan fingerprint density at radius 2 is 2.17 bits per heavy atom. The number of rotatable bonds is 5. The summed E-state index contributed by atoms with van der Waals surface area (Å²) in [5.74, 6) is 0.246. The van der Waals surface area contributed by atoms with E-state index in [0.717, 1.165) is 39.0 Å². The predicted octanol–water partition coefficient (Wildman–Crippen LogP) is 1.62. The van der Waals surface area contributed by atoms with Gasteiger partial charge in [0, 0.05) is 32.2 Å². The van der Waals surface area contributed by atoms with Crippen LogP contribution in [0, 0.1) is 0 Å². The van der Waals surface area contributed by atoms with E-state index in [4.69, 9.17) is 9.47 Å². The number of nitrogens with zero attached hydrogens (tertiary/aromatic N) is 1. The second-order valence-electron chi connectivity index (χ2n) is 5.59. The van der Waals surface area contributed by atoms with E-state index in [9.17, 15) is 4.79 Å². The van der Waals surface area contributed by atoms with Crippen LogP contribution in [0.15, 0.2) is 0 Å². The monoisotopic (exact) mass is 255 g/mol. The van der Waals surface area contributed by atoms with Crippen LogP contribution in [0.25, 0.3) is 0 Å². The number of carbonyl (C=O) groups excluding carboxylic acids is 1. The molecule has 4 nitrogen and oxygen atoms in total. The first-order valence-electron chi connectivity index (χ1n) is 7.17. The van der Waals surface area contributed by atoms with Gasteiger partial charge in [-0.1, -0.05) is 0 Å². The third-order valence-electron chi connectivity index (χ3n) is 3.92. The lowest BCUT2D eigenvalue weighted by Crippen LogP contribution is -2.48. The van der Waals surface area contributed by atoms with E-state index in [-0.39, 0.29) is 11.9 Å². The maximum atomic E-state index is 12.1. The van der Waals surface area contributed by atoms with Gasteiger partial charge < -0.3 is 9.47 Å². The summed E-state index contributed by atoms with van der Waals surface area (Å²) in [6.07, 6.45) is 3.79. The molecule has 0 N–H and O–H groups in total. The summed E-state index contributed by atoms with van der Waals surface area (Å²) in [5.41, 5.74) is 0. The maximum absolute atomic E-state index is 12.1. The number of hydrogen-bond donors (Lipinski definition) is 0. The Morgan fingerprint density at radius 1 is 1.33 bits per heavy atom. The van der Waals surface area contributed by atoms with Crippen molar-refractivity contribution >= 4 is 5.78 Å². The minimum absolute atomic E-state index is 0.220. The van der Waals surface area contributed by atoms with Gasteiger partial charge in [0.2, 0.25) is 0 Å². The fraction of sp³-hybridized carbons (Fsp3) is 0.929. The van der Waals surface area contributed by atoms with Gasteiger partial charge in [-0.15, -0.1) is 0 Å². The highest BCUT2D eigenvalue weighted by Crippen LogP contribution is 2.18. The van der Waals surface area contributed by atoms with E-state index in [1.165, 1.54) is 0 Å². The second kappa shape index (κ2) is 6.64. The van der Waals surface area contributed by atoms with Crippen molar-refractivity contribution < 1.29 is 14.3 Å². The molecule has 2 rings (SSSR count). The van der Waals surface area contributed by atoms with E-state index in [0.29, 0.717) is 25.2 Å². The number of ketones is 1. The minimum atomic E-state index is -0.220. The van der Waals surface area contributed by atoms with Crippen molar-refractivity contribution in [3.63, 3.8) is 0 Å². The molecule has 104 valence electrons. The Balaban J connectivity index is 1.73. The molecule has 2 saturated heterocycles. The van der Waals surface area contributed by atoms with Crippen molar-refractivity contribution in [3.05, 3.63) is 0 Å². The average molecular weight is 255 g/mol. The van der Waals surface area contributed by atoms with Crippen LogP contribution in [0.4, 0.5) is 0 Å². The van der Waals surface area contributed by atoms with E-state index in [1.54, 1.807) is 0 Å². The number of hydrogen-bond acceptors (Lipinski definition) is 4. The highest BCUT2D eigenvalue weighted by Gasteiger charge is 2.28. The normalized spacial score (nSPS) is 29.9. The summed E-state index contributed by atoms with van der Waals surface area (Å²) < 4.78 is 11.1. The molecule has 2 unspecified atom stereocenters. The number of carbonyl (C=O) groups is 1. The fourth-order valence-corrected chi connectivity index (χ4v) is 2.67. The summed E-state index contributed by atoms with van der Waals surface area (Å²) in [7, 11) is 0. The number of Topliss-reactive ketones (excluding diaryl/α,β-unsaturated/α-hetero) is 1. The van der Waals surface area contributed by atoms with Crippen LogP contribution in [-0.2, 0) is 14.3 Å². The average Bonchev–Trinajstić information content (AvgIpc) is 2.89. The van der Waals surface area contributed by atoms with Gasteiger partial charge in [-0.05, 0) is 33.1 Å². The molecule has 2 aliphatic rings. The molecule has 0 bridgehead atoms. The predicted molar refractivity (Wildman–Crippen MR) is 69.7 cm³/mol. The zero-order valence-corrected chi connectivity index (χ0v) is 11.6. The van der Waals surface area contributed by atoms with Crippen LogP contribution in [0.5, 0.6) is 0 Å². The van der Waals surface area contributed by atoms with Crippen LogP contribution in [0.1, 0.15) is 39.5 Å². The molecule has 2 atom stereocenters. The van der Waals surface area contributed by atoms with Crippen LogP contribution >= 0.6 is 0 Å². The maximum Gasteiger partial charge on any atom is 0.162 e. The molecule has 2 heterocycles. The lowest BCUT2D eigenvalue weighted by atomic mass is 10.0. The van der Waals surface area contributed by atoms with Crippen molar-refractivity contribution in [2.45, 2.75) is 57.8 Å². The Kier molecular flexibility index (Phi) is 5.15. The van der Waals surface area contributed by atoms with Crippen molar-refractivity contribution in [3.8, 4) is 0 Å². The Hall–Kier alpha value is -0.450. The summed E-state index contributed by atoms with van der Waals surface area (Å²) in [6, 6.07) is 0.488. The van der Waals surface area contributed by atoms with E-state index >= 15 is 0 Å². The molecule has 0 saturated carbocycles. The smallest absolute Gasteiger partial charge is 0.162 e. The summed E-state index contributed by atoms with van der Waals surface area (Å²) in [6.45, 7) is 7.56. The van der Waals surface area contributed by atoms with E-state index in [1.807, 2.05) is 0 Å². The summed E-state index contributed by atoms with van der Waals surface area (Å²) >= 11 is 0. The van der Waals surface area contributed by atoms with Gasteiger partial charge in [-0.3, -0.25) is 9.69 Å². The molecular formula is C14H25NO3. The van der Waals surface area contributed by atoms with Crippen molar-refractivity contribution in [2.24, 2.45) is 0 Å². The Bertz CT molecular complexity index is 274. The quantitative estimate of drug-likeness (QED) is 0.748. The van der Waals surface area contributed by atoms with E-state index < -0.39 is 0 Å². The zero-order valence-electron chi connectivity index (χ0n) is 11.6. The molecule has 0 aromatic rings. The molecular weight excluding hydrogens is 230 g/mol. The van der Waals surface area contributed by atoms with E-state index in [2.05, 4.69) is 18.7 Å². The lowest BCUT2D eigenvalue weighted by Gasteiger charge is -2.34. The van der Waals surface area contributed by atoms with Gasteiger partial charge in [0.25, 0.3) is 0 Å². The lowest BCUT2D eigenvalue weighted by molar-refractivity contribution is -0.137. The largest absolute Gasteiger partial charge is 0.378 e. The van der Waals surface area contributed by atoms with Gasteiger partial charge in [0.05, 0.1) is 12.7 Å². The highest BCUT2D eigenvalue weighted by molar-refractivity contribution is 5.83. The first-order valence-corrected chi connectivity index (χ1v) is 7.17. The molecule has 0 aromatic heterocycles. The third kappa shape index (κ3) is 3.77. The molecule has 0 aromatic carbocycles. The van der Waals surface area contributed by atoms with Crippen molar-refractivity contribution in [1.82, 2.24) is 4.90 Å². The van der Waals surface area contributed by atoms with Gasteiger partial charge in [0.15, 0.2) is 5.78 Å². The van der Waals surface area contributed by atoms with Crippen LogP contribution in [-0.4, -0.2) is 55.2 Å².